The van der Waals surface area contributed by atoms with Crippen LogP contribution >= 0.6 is 11.6 Å². The Morgan fingerprint density at radius 1 is 1.14 bits per heavy atom. The molecule has 0 amide bonds. The van der Waals surface area contributed by atoms with Crippen LogP contribution in [0.3, 0.4) is 0 Å². The van der Waals surface area contributed by atoms with E-state index in [0.29, 0.717) is 23.1 Å². The molecule has 29 heavy (non-hydrogen) atoms. The number of aromatic nitrogens is 1. The minimum atomic E-state index is -0.215. The summed E-state index contributed by atoms with van der Waals surface area (Å²) in [6.07, 6.45) is 7.57. The molecule has 0 aliphatic heterocycles. The highest BCUT2D eigenvalue weighted by Gasteiger charge is 2.57. The van der Waals surface area contributed by atoms with Crippen LogP contribution in [0, 0.1) is 17.2 Å². The van der Waals surface area contributed by atoms with E-state index in [0.717, 1.165) is 48.6 Å². The molecule has 1 atom stereocenters. The summed E-state index contributed by atoms with van der Waals surface area (Å²) in [5.74, 6) is 0.737. The fraction of sp³-hybridized carbons (Fsp3) is 0.360. The van der Waals surface area contributed by atoms with Crippen molar-refractivity contribution >= 4 is 28.3 Å². The van der Waals surface area contributed by atoms with Crippen molar-refractivity contribution in [2.45, 2.75) is 44.4 Å². The first-order valence-electron chi connectivity index (χ1n) is 10.4. The standard InChI is InChI=1S/C25H23ClFNO/c26-18-3-1-2-16(12-18)13-24(29)22-15-25(22)9-6-17(7-10-25)20-8-11-28-23-5-4-19(27)14-21(20)23/h1-5,8,11-12,14,17,22H,6-7,9-10,13,15H2/t17?,22-,25?/m1/s1. The molecule has 2 fully saturated rings. The second-order valence-electron chi connectivity index (χ2n) is 8.73. The van der Waals surface area contributed by atoms with Crippen LogP contribution in [0.4, 0.5) is 4.39 Å². The lowest BCUT2D eigenvalue weighted by Gasteiger charge is -2.30. The average Bonchev–Trinajstić information content (AvgIpc) is 3.42. The number of halogens is 2. The maximum Gasteiger partial charge on any atom is 0.140 e. The van der Waals surface area contributed by atoms with E-state index >= 15 is 0 Å². The summed E-state index contributed by atoms with van der Waals surface area (Å²) < 4.78 is 13.8. The number of hydrogen-bond donors (Lipinski definition) is 0. The minimum absolute atomic E-state index is 0.189. The summed E-state index contributed by atoms with van der Waals surface area (Å²) >= 11 is 6.05. The molecule has 0 N–H and O–H groups in total. The first-order chi connectivity index (χ1) is 14.0. The Morgan fingerprint density at radius 2 is 1.97 bits per heavy atom. The lowest BCUT2D eigenvalue weighted by molar-refractivity contribution is -0.120. The van der Waals surface area contributed by atoms with Crippen molar-refractivity contribution in [3.63, 3.8) is 0 Å². The average molecular weight is 408 g/mol. The van der Waals surface area contributed by atoms with E-state index in [1.807, 2.05) is 36.5 Å². The van der Waals surface area contributed by atoms with E-state index in [2.05, 4.69) is 4.98 Å². The number of nitrogens with zero attached hydrogens (tertiary/aromatic N) is 1. The van der Waals surface area contributed by atoms with Gasteiger partial charge in [0.25, 0.3) is 0 Å². The van der Waals surface area contributed by atoms with Crippen LogP contribution in [0.2, 0.25) is 5.02 Å². The van der Waals surface area contributed by atoms with Gasteiger partial charge in [0.1, 0.15) is 11.6 Å². The van der Waals surface area contributed by atoms with E-state index in [1.165, 1.54) is 11.6 Å². The van der Waals surface area contributed by atoms with Gasteiger partial charge in [0.15, 0.2) is 0 Å². The van der Waals surface area contributed by atoms with Crippen molar-refractivity contribution in [1.82, 2.24) is 4.98 Å². The number of benzene rings is 2. The van der Waals surface area contributed by atoms with E-state index in [1.54, 1.807) is 12.1 Å². The lowest BCUT2D eigenvalue weighted by atomic mass is 9.74. The number of rotatable bonds is 4. The summed E-state index contributed by atoms with van der Waals surface area (Å²) in [4.78, 5) is 17.2. The number of Topliss-reactive ketones (excluding diaryl/α,β-unsaturated/α-hetero) is 1. The van der Waals surface area contributed by atoms with Crippen molar-refractivity contribution < 1.29 is 9.18 Å². The predicted molar refractivity (Wildman–Crippen MR) is 114 cm³/mol. The molecular weight excluding hydrogens is 385 g/mol. The van der Waals surface area contributed by atoms with Gasteiger partial charge in [-0.25, -0.2) is 4.39 Å². The highest BCUT2D eigenvalue weighted by molar-refractivity contribution is 6.30. The van der Waals surface area contributed by atoms with Gasteiger partial charge in [0.05, 0.1) is 5.52 Å². The third-order valence-corrected chi connectivity index (χ3v) is 7.24. The quantitative estimate of drug-likeness (QED) is 0.493. The molecule has 0 unspecified atom stereocenters. The van der Waals surface area contributed by atoms with Crippen molar-refractivity contribution in [3.05, 3.63) is 76.7 Å². The summed E-state index contributed by atoms with van der Waals surface area (Å²) in [6.45, 7) is 0. The SMILES string of the molecule is O=C(Cc1cccc(Cl)c1)[C@H]1CC12CCC(c1ccnc3ccc(F)cc13)CC2. The molecule has 0 saturated heterocycles. The molecule has 2 nitrogen and oxygen atoms in total. The molecule has 2 aliphatic carbocycles. The number of carbonyl (C=O) groups is 1. The third kappa shape index (κ3) is 3.57. The van der Waals surface area contributed by atoms with E-state index in [4.69, 9.17) is 11.6 Å². The zero-order valence-electron chi connectivity index (χ0n) is 16.2. The fourth-order valence-corrected chi connectivity index (χ4v) is 5.54. The van der Waals surface area contributed by atoms with Crippen LogP contribution in [0.1, 0.15) is 49.1 Å². The Bertz CT molecular complexity index is 1090. The highest BCUT2D eigenvalue weighted by atomic mass is 35.5. The molecule has 1 heterocycles. The third-order valence-electron chi connectivity index (χ3n) is 7.00. The molecular formula is C25H23ClFNO. The smallest absolute Gasteiger partial charge is 0.140 e. The fourth-order valence-electron chi connectivity index (χ4n) is 5.33. The van der Waals surface area contributed by atoms with Gasteiger partial charge < -0.3 is 0 Å². The molecule has 2 aromatic carbocycles. The monoisotopic (exact) mass is 407 g/mol. The second-order valence-corrected chi connectivity index (χ2v) is 9.16. The molecule has 0 radical (unpaired) electrons. The Morgan fingerprint density at radius 3 is 2.76 bits per heavy atom. The maximum absolute atomic E-state index is 13.8. The molecule has 2 aliphatic rings. The van der Waals surface area contributed by atoms with Gasteiger partial charge in [0.2, 0.25) is 0 Å². The van der Waals surface area contributed by atoms with Crippen LogP contribution in [-0.2, 0) is 11.2 Å². The van der Waals surface area contributed by atoms with Gasteiger partial charge in [-0.15, -0.1) is 0 Å². The maximum atomic E-state index is 13.8. The lowest BCUT2D eigenvalue weighted by Crippen LogP contribution is -2.20. The number of hydrogen-bond acceptors (Lipinski definition) is 2. The molecule has 148 valence electrons. The number of pyridine rings is 1. The normalized spacial score (nSPS) is 26.0. The van der Waals surface area contributed by atoms with E-state index < -0.39 is 0 Å². The van der Waals surface area contributed by atoms with Gasteiger partial charge in [-0.05, 0) is 91.0 Å². The summed E-state index contributed by atoms with van der Waals surface area (Å²) in [7, 11) is 0. The van der Waals surface area contributed by atoms with Crippen LogP contribution < -0.4 is 0 Å². The van der Waals surface area contributed by atoms with Gasteiger partial charge >= 0.3 is 0 Å². The van der Waals surface area contributed by atoms with Crippen LogP contribution in [-0.4, -0.2) is 10.8 Å². The second kappa shape index (κ2) is 7.21. The zero-order valence-corrected chi connectivity index (χ0v) is 17.0. The minimum Gasteiger partial charge on any atom is -0.299 e. The Labute approximate surface area is 175 Å². The number of ketones is 1. The van der Waals surface area contributed by atoms with Gasteiger partial charge in [-0.1, -0.05) is 23.7 Å². The summed E-state index contributed by atoms with van der Waals surface area (Å²) in [5.41, 5.74) is 3.25. The van der Waals surface area contributed by atoms with Crippen molar-refractivity contribution in [1.29, 1.82) is 0 Å². The van der Waals surface area contributed by atoms with Crippen LogP contribution in [0.25, 0.3) is 10.9 Å². The molecule has 4 heteroatoms. The van der Waals surface area contributed by atoms with Gasteiger partial charge in [0, 0.05) is 28.9 Å². The largest absolute Gasteiger partial charge is 0.299 e. The first-order valence-corrected chi connectivity index (χ1v) is 10.7. The molecule has 3 aromatic rings. The molecule has 0 bridgehead atoms. The first kappa shape index (κ1) is 18.7. The van der Waals surface area contributed by atoms with Crippen LogP contribution in [0.15, 0.2) is 54.7 Å². The summed E-state index contributed by atoms with van der Waals surface area (Å²) in [5, 5.41) is 1.61. The number of fused-ring (bicyclic) bond motifs is 1. The summed E-state index contributed by atoms with van der Waals surface area (Å²) in [6, 6.07) is 14.5. The highest BCUT2D eigenvalue weighted by Crippen LogP contribution is 2.63. The Hall–Kier alpha value is -2.26. The molecule has 1 aromatic heterocycles. The topological polar surface area (TPSA) is 30.0 Å². The van der Waals surface area contributed by atoms with E-state index in [-0.39, 0.29) is 17.2 Å². The van der Waals surface area contributed by atoms with Gasteiger partial charge in [-0.3, -0.25) is 9.78 Å². The molecule has 1 spiro atoms. The Kier molecular flexibility index (Phi) is 4.66. The van der Waals surface area contributed by atoms with Crippen LogP contribution in [0.5, 0.6) is 0 Å². The van der Waals surface area contributed by atoms with Crippen molar-refractivity contribution in [3.8, 4) is 0 Å². The van der Waals surface area contributed by atoms with Crippen molar-refractivity contribution in [2.75, 3.05) is 0 Å². The number of carbonyl (C=O) groups excluding carboxylic acids is 1. The van der Waals surface area contributed by atoms with Crippen molar-refractivity contribution in [2.24, 2.45) is 11.3 Å². The molecule has 2 saturated carbocycles. The van der Waals surface area contributed by atoms with Gasteiger partial charge in [-0.2, -0.15) is 0 Å². The Balaban J connectivity index is 1.27. The molecule has 5 rings (SSSR count). The predicted octanol–water partition coefficient (Wildman–Crippen LogP) is 6.50. The van der Waals surface area contributed by atoms with E-state index in [9.17, 15) is 9.18 Å². The zero-order chi connectivity index (χ0) is 20.0.